The second kappa shape index (κ2) is 8.63. The molecule has 0 N–H and O–H groups in total. The molecule has 150 valence electrons. The minimum absolute atomic E-state index is 0.231. The summed E-state index contributed by atoms with van der Waals surface area (Å²) >= 11 is 0. The molecule has 1 saturated heterocycles. The normalized spacial score (nSPS) is 16.0. The Hall–Kier alpha value is -2.56. The van der Waals surface area contributed by atoms with E-state index in [9.17, 15) is 22.9 Å². The molecule has 8 nitrogen and oxygen atoms in total. The zero-order chi connectivity index (χ0) is 20.1. The number of ether oxygens (including phenoxy) is 1. The van der Waals surface area contributed by atoms with Crippen LogP contribution in [-0.2, 0) is 10.0 Å². The molecule has 0 bridgehead atoms. The van der Waals surface area contributed by atoms with Gasteiger partial charge < -0.3 is 4.74 Å². The molecular formula is C18H20FN3O5S. The Kier molecular flexibility index (Phi) is 6.22. The number of piperazine rings is 1. The lowest BCUT2D eigenvalue weighted by Gasteiger charge is -2.33. The average Bonchev–Trinajstić information content (AvgIpc) is 2.68. The van der Waals surface area contributed by atoms with Crippen molar-refractivity contribution in [3.05, 3.63) is 64.5 Å². The number of nitrogens with zero attached hydrogens (tertiary/aromatic N) is 3. The molecule has 0 aromatic heterocycles. The van der Waals surface area contributed by atoms with Gasteiger partial charge in [-0.15, -0.1) is 0 Å². The third-order valence-electron chi connectivity index (χ3n) is 4.48. The Bertz CT molecular complexity index is 946. The van der Waals surface area contributed by atoms with E-state index in [1.165, 1.54) is 40.7 Å². The summed E-state index contributed by atoms with van der Waals surface area (Å²) in [5.41, 5.74) is -0.423. The number of hydrogen-bond donors (Lipinski definition) is 0. The van der Waals surface area contributed by atoms with Crippen LogP contribution >= 0.6 is 0 Å². The number of nitro benzene ring substituents is 1. The highest BCUT2D eigenvalue weighted by Gasteiger charge is 2.33. The lowest BCUT2D eigenvalue weighted by Crippen LogP contribution is -2.49. The average molecular weight is 409 g/mol. The highest BCUT2D eigenvalue weighted by molar-refractivity contribution is 7.89. The molecule has 0 spiro atoms. The number of benzene rings is 2. The molecule has 0 unspecified atom stereocenters. The highest BCUT2D eigenvalue weighted by Crippen LogP contribution is 2.26. The number of nitro groups is 1. The van der Waals surface area contributed by atoms with Crippen molar-refractivity contribution in [1.82, 2.24) is 9.21 Å². The molecule has 0 saturated carbocycles. The van der Waals surface area contributed by atoms with Crippen LogP contribution in [0.25, 0.3) is 0 Å². The third kappa shape index (κ3) is 4.64. The number of sulfonamides is 1. The van der Waals surface area contributed by atoms with Crippen LogP contribution in [0, 0.1) is 15.9 Å². The molecule has 1 fully saturated rings. The first kappa shape index (κ1) is 20.2. The van der Waals surface area contributed by atoms with Gasteiger partial charge in [-0.25, -0.2) is 12.8 Å². The van der Waals surface area contributed by atoms with Crippen LogP contribution in [0.1, 0.15) is 0 Å². The van der Waals surface area contributed by atoms with Crippen LogP contribution in [0.4, 0.5) is 10.1 Å². The molecule has 0 amide bonds. The molecule has 10 heteroatoms. The van der Waals surface area contributed by atoms with E-state index in [2.05, 4.69) is 0 Å². The first-order chi connectivity index (χ1) is 13.4. The summed E-state index contributed by atoms with van der Waals surface area (Å²) in [6.07, 6.45) is 0. The zero-order valence-electron chi connectivity index (χ0n) is 15.0. The number of rotatable bonds is 7. The maximum absolute atomic E-state index is 13.1. The minimum atomic E-state index is -3.94. The summed E-state index contributed by atoms with van der Waals surface area (Å²) in [5.74, 6) is 0.0731. The molecule has 0 atom stereocenters. The van der Waals surface area contributed by atoms with Gasteiger partial charge in [-0.1, -0.05) is 18.2 Å². The Morgan fingerprint density at radius 1 is 1.07 bits per heavy atom. The molecule has 2 aromatic rings. The van der Waals surface area contributed by atoms with E-state index in [0.29, 0.717) is 32.0 Å². The fourth-order valence-corrected chi connectivity index (χ4v) is 4.59. The molecule has 28 heavy (non-hydrogen) atoms. The van der Waals surface area contributed by atoms with Crippen molar-refractivity contribution in [2.24, 2.45) is 0 Å². The second-order valence-corrected chi connectivity index (χ2v) is 8.18. The van der Waals surface area contributed by atoms with Crippen molar-refractivity contribution in [3.8, 4) is 5.75 Å². The van der Waals surface area contributed by atoms with E-state index in [0.717, 1.165) is 0 Å². The van der Waals surface area contributed by atoms with E-state index >= 15 is 0 Å². The van der Waals surface area contributed by atoms with E-state index in [1.54, 1.807) is 12.1 Å². The fourth-order valence-electron chi connectivity index (χ4n) is 3.01. The van der Waals surface area contributed by atoms with Gasteiger partial charge in [0.15, 0.2) is 4.90 Å². The highest BCUT2D eigenvalue weighted by atomic mass is 32.2. The molecule has 0 radical (unpaired) electrons. The minimum Gasteiger partial charge on any atom is -0.492 e. The van der Waals surface area contributed by atoms with E-state index < -0.39 is 20.6 Å². The van der Waals surface area contributed by atoms with E-state index in [4.69, 9.17) is 4.74 Å². The van der Waals surface area contributed by atoms with Gasteiger partial charge in [0, 0.05) is 44.9 Å². The molecule has 2 aromatic carbocycles. The summed E-state index contributed by atoms with van der Waals surface area (Å²) in [5, 5.41) is 11.1. The Balaban J connectivity index is 1.55. The molecule has 1 aliphatic heterocycles. The molecule has 1 aliphatic rings. The van der Waals surface area contributed by atoms with Gasteiger partial charge in [-0.2, -0.15) is 4.31 Å². The Morgan fingerprint density at radius 2 is 1.79 bits per heavy atom. The molecule has 3 rings (SSSR count). The molecule has 0 aliphatic carbocycles. The SMILES string of the molecule is O=[N+]([O-])c1ccccc1S(=O)(=O)N1CCN(CCOc2cccc(F)c2)CC1. The number of para-hydroxylation sites is 1. The van der Waals surface area contributed by atoms with E-state index in [1.807, 2.05) is 4.90 Å². The monoisotopic (exact) mass is 409 g/mol. The summed E-state index contributed by atoms with van der Waals surface area (Å²) < 4.78 is 45.5. The Labute approximate surface area is 162 Å². The standard InChI is InChI=1S/C18H20FN3O5S/c19-15-4-3-5-16(14-15)27-13-12-20-8-10-21(11-9-20)28(25,26)18-7-2-1-6-17(18)22(23)24/h1-7,14H,8-13H2. The Morgan fingerprint density at radius 3 is 2.46 bits per heavy atom. The van der Waals surface area contributed by atoms with Gasteiger partial charge in [-0.3, -0.25) is 15.0 Å². The first-order valence-electron chi connectivity index (χ1n) is 8.72. The van der Waals surface area contributed by atoms with Crippen LogP contribution in [0.15, 0.2) is 53.4 Å². The van der Waals surface area contributed by atoms with Gasteiger partial charge in [0.05, 0.1) is 4.92 Å². The first-order valence-corrected chi connectivity index (χ1v) is 10.2. The van der Waals surface area contributed by atoms with Crippen molar-refractivity contribution >= 4 is 15.7 Å². The van der Waals surface area contributed by atoms with Crippen LogP contribution < -0.4 is 4.74 Å². The fraction of sp³-hybridized carbons (Fsp3) is 0.333. The predicted octanol–water partition coefficient (Wildman–Crippen LogP) is 2.12. The van der Waals surface area contributed by atoms with Crippen molar-refractivity contribution in [1.29, 1.82) is 0 Å². The van der Waals surface area contributed by atoms with Gasteiger partial charge in [0.1, 0.15) is 18.2 Å². The van der Waals surface area contributed by atoms with Crippen molar-refractivity contribution in [2.45, 2.75) is 4.90 Å². The number of halogens is 1. The summed E-state index contributed by atoms with van der Waals surface area (Å²) in [7, 11) is -3.94. The number of hydrogen-bond acceptors (Lipinski definition) is 6. The van der Waals surface area contributed by atoms with E-state index in [-0.39, 0.29) is 23.8 Å². The van der Waals surface area contributed by atoms with Gasteiger partial charge in [0.25, 0.3) is 5.69 Å². The topological polar surface area (TPSA) is 93.0 Å². The smallest absolute Gasteiger partial charge is 0.289 e. The largest absolute Gasteiger partial charge is 0.492 e. The summed E-state index contributed by atoms with van der Waals surface area (Å²) in [6, 6.07) is 11.2. The van der Waals surface area contributed by atoms with Crippen LogP contribution in [0.5, 0.6) is 5.75 Å². The van der Waals surface area contributed by atoms with Crippen molar-refractivity contribution in [2.75, 3.05) is 39.3 Å². The zero-order valence-corrected chi connectivity index (χ0v) is 15.8. The molecule has 1 heterocycles. The summed E-state index contributed by atoms with van der Waals surface area (Å²) in [6.45, 7) is 2.33. The van der Waals surface area contributed by atoms with Gasteiger partial charge >= 0.3 is 0 Å². The van der Waals surface area contributed by atoms with Gasteiger partial charge in [-0.05, 0) is 18.2 Å². The third-order valence-corrected chi connectivity index (χ3v) is 6.43. The molecular weight excluding hydrogens is 389 g/mol. The predicted molar refractivity (Wildman–Crippen MR) is 100 cm³/mol. The summed E-state index contributed by atoms with van der Waals surface area (Å²) in [4.78, 5) is 12.2. The lowest BCUT2D eigenvalue weighted by molar-refractivity contribution is -0.387. The van der Waals surface area contributed by atoms with Crippen LogP contribution in [-0.4, -0.2) is 61.9 Å². The maximum Gasteiger partial charge on any atom is 0.289 e. The van der Waals surface area contributed by atoms with Crippen LogP contribution in [0.2, 0.25) is 0 Å². The van der Waals surface area contributed by atoms with Gasteiger partial charge in [0.2, 0.25) is 10.0 Å². The van der Waals surface area contributed by atoms with Crippen LogP contribution in [0.3, 0.4) is 0 Å². The van der Waals surface area contributed by atoms with Crippen molar-refractivity contribution < 1.29 is 22.5 Å². The maximum atomic E-state index is 13.1. The quantitative estimate of drug-likeness (QED) is 0.514. The second-order valence-electron chi connectivity index (χ2n) is 6.28. The van der Waals surface area contributed by atoms with Crippen molar-refractivity contribution in [3.63, 3.8) is 0 Å². The lowest BCUT2D eigenvalue weighted by atomic mass is 10.3.